The molecule has 0 fully saturated rings. The van der Waals surface area contributed by atoms with E-state index in [2.05, 4.69) is 113 Å². The lowest BCUT2D eigenvalue weighted by Gasteiger charge is -2.44. The highest BCUT2D eigenvalue weighted by Crippen LogP contribution is 2.45. The molecule has 2 aliphatic carbocycles. The Balaban J connectivity index is 1.21. The molecule has 0 saturated carbocycles. The second kappa shape index (κ2) is 14.8. The number of fused-ring (bicyclic) bond motifs is 6. The van der Waals surface area contributed by atoms with Crippen LogP contribution in [0.3, 0.4) is 0 Å². The van der Waals surface area contributed by atoms with Crippen LogP contribution in [0.15, 0.2) is 103 Å². The van der Waals surface area contributed by atoms with Gasteiger partial charge in [-0.1, -0.05) is 125 Å². The first-order valence-corrected chi connectivity index (χ1v) is 20.5. The number of rotatable bonds is 2. The van der Waals surface area contributed by atoms with E-state index in [-0.39, 0.29) is 6.71 Å². The number of anilines is 6. The summed E-state index contributed by atoms with van der Waals surface area (Å²) in [5.41, 5.74) is 18.6. The third-order valence-electron chi connectivity index (χ3n) is 12.5. The molecular formula is C48H53BN2. The molecular weight excluding hydrogens is 615 g/mol. The molecule has 0 radical (unpaired) electrons. The topological polar surface area (TPSA) is 6.48 Å². The quantitative estimate of drug-likeness (QED) is 0.169. The normalized spacial score (nSPS) is 17.8. The van der Waals surface area contributed by atoms with Crippen LogP contribution in [0.4, 0.5) is 34.1 Å². The average Bonchev–Trinajstić information content (AvgIpc) is 3.17. The Morgan fingerprint density at radius 2 is 0.843 bits per heavy atom. The van der Waals surface area contributed by atoms with E-state index in [0.717, 1.165) is 6.42 Å². The van der Waals surface area contributed by atoms with Crippen molar-refractivity contribution in [2.75, 3.05) is 9.80 Å². The molecule has 0 spiro atoms. The number of hydrogen-bond donors (Lipinski definition) is 0. The van der Waals surface area contributed by atoms with Gasteiger partial charge in [0, 0.05) is 34.1 Å². The molecule has 9 rings (SSSR count). The summed E-state index contributed by atoms with van der Waals surface area (Å²) in [6.45, 7) is 0.192. The van der Waals surface area contributed by atoms with Crippen LogP contribution >= 0.6 is 0 Å². The lowest BCUT2D eigenvalue weighted by molar-refractivity contribution is 0.560. The van der Waals surface area contributed by atoms with Gasteiger partial charge in [0.2, 0.25) is 0 Å². The Labute approximate surface area is 307 Å². The molecule has 0 atom stereocenters. The highest BCUT2D eigenvalue weighted by molar-refractivity contribution is 7.00. The molecule has 51 heavy (non-hydrogen) atoms. The first kappa shape index (κ1) is 32.7. The monoisotopic (exact) mass is 668 g/mol. The van der Waals surface area contributed by atoms with E-state index in [1.165, 1.54) is 160 Å². The average molecular weight is 669 g/mol. The number of benzene rings is 5. The molecule has 0 amide bonds. The first-order chi connectivity index (χ1) is 25.4. The van der Waals surface area contributed by atoms with E-state index in [9.17, 15) is 0 Å². The Morgan fingerprint density at radius 1 is 0.353 bits per heavy atom. The lowest BCUT2D eigenvalue weighted by Crippen LogP contribution is -2.61. The van der Waals surface area contributed by atoms with Crippen molar-refractivity contribution in [2.45, 2.75) is 116 Å². The molecule has 4 aliphatic rings. The summed E-state index contributed by atoms with van der Waals surface area (Å²) in [7, 11) is 0. The summed E-state index contributed by atoms with van der Waals surface area (Å²) in [6, 6.07) is 40.3. The zero-order chi connectivity index (χ0) is 34.0. The molecule has 2 aliphatic heterocycles. The van der Waals surface area contributed by atoms with E-state index in [0.29, 0.717) is 0 Å². The van der Waals surface area contributed by atoms with Crippen LogP contribution in [0.1, 0.15) is 112 Å². The lowest BCUT2D eigenvalue weighted by atomic mass is 9.33. The number of hydrogen-bond acceptors (Lipinski definition) is 2. The van der Waals surface area contributed by atoms with Crippen LogP contribution in [0.25, 0.3) is 0 Å². The van der Waals surface area contributed by atoms with Crippen LogP contribution in [0, 0.1) is 0 Å². The summed E-state index contributed by atoms with van der Waals surface area (Å²) >= 11 is 0. The fourth-order valence-corrected chi connectivity index (χ4v) is 9.97. The maximum Gasteiger partial charge on any atom is 0.252 e. The Kier molecular flexibility index (Phi) is 9.47. The van der Waals surface area contributed by atoms with Crippen LogP contribution in [0.5, 0.6) is 0 Å². The largest absolute Gasteiger partial charge is 0.311 e. The standard InChI is InChI=1S/C48H53BN2/c1-2-4-9-13-23-38-35-39(34-33-36(38)21-11-7-3-1)50-44-28-17-15-26-41(44)49-42-27-16-18-29-45(42)51(47-32-20-31-46(50)48(47)49)43-30-19-24-37-22-12-8-5-6-10-14-25-40(37)43/h15-20,24,26-35H,1-14,21-23,25H2. The molecule has 258 valence electrons. The number of nitrogens with zero attached hydrogens (tertiary/aromatic N) is 2. The third-order valence-corrected chi connectivity index (χ3v) is 12.5. The van der Waals surface area contributed by atoms with Gasteiger partial charge < -0.3 is 9.80 Å². The van der Waals surface area contributed by atoms with Crippen molar-refractivity contribution in [3.63, 3.8) is 0 Å². The highest BCUT2D eigenvalue weighted by Gasteiger charge is 2.43. The highest BCUT2D eigenvalue weighted by atomic mass is 15.2. The fourth-order valence-electron chi connectivity index (χ4n) is 9.97. The molecule has 0 saturated heterocycles. The molecule has 0 bridgehead atoms. The predicted octanol–water partition coefficient (Wildman–Crippen LogP) is 11.4. The van der Waals surface area contributed by atoms with Gasteiger partial charge in [0.25, 0.3) is 6.71 Å². The summed E-state index contributed by atoms with van der Waals surface area (Å²) in [4.78, 5) is 5.26. The van der Waals surface area contributed by atoms with Crippen molar-refractivity contribution in [3.05, 3.63) is 125 Å². The van der Waals surface area contributed by atoms with E-state index in [1.807, 2.05) is 0 Å². The molecule has 0 N–H and O–H groups in total. The van der Waals surface area contributed by atoms with Crippen molar-refractivity contribution in [3.8, 4) is 0 Å². The Hall–Kier alpha value is -4.24. The number of para-hydroxylation sites is 2. The van der Waals surface area contributed by atoms with Crippen molar-refractivity contribution >= 4 is 57.2 Å². The summed E-state index contributed by atoms with van der Waals surface area (Å²) in [5, 5.41) is 0. The fraction of sp³-hybridized carbons (Fsp3) is 0.375. The summed E-state index contributed by atoms with van der Waals surface area (Å²) in [6.07, 6.45) is 23.7. The van der Waals surface area contributed by atoms with Crippen LogP contribution in [-0.4, -0.2) is 6.71 Å². The third kappa shape index (κ3) is 6.21. The number of aryl methyl sites for hydroxylation is 3. The van der Waals surface area contributed by atoms with Gasteiger partial charge in [0.1, 0.15) is 0 Å². The van der Waals surface area contributed by atoms with Gasteiger partial charge in [-0.3, -0.25) is 0 Å². The van der Waals surface area contributed by atoms with Crippen molar-refractivity contribution in [2.24, 2.45) is 0 Å². The van der Waals surface area contributed by atoms with Crippen LogP contribution in [0.2, 0.25) is 0 Å². The summed E-state index contributed by atoms with van der Waals surface area (Å²) in [5.74, 6) is 0. The SMILES string of the molecule is c1ccc2c(c1)B1c3ccccc3N(c3cccc4c3CCCCCCCC4)c3cccc(c31)N2c1ccc2c(c1)CCCCCCCCCC2. The van der Waals surface area contributed by atoms with Gasteiger partial charge in [-0.15, -0.1) is 0 Å². The molecule has 5 aromatic rings. The van der Waals surface area contributed by atoms with Gasteiger partial charge in [-0.25, -0.2) is 0 Å². The Morgan fingerprint density at radius 3 is 1.53 bits per heavy atom. The molecule has 3 heteroatoms. The van der Waals surface area contributed by atoms with Gasteiger partial charge in [0.05, 0.1) is 0 Å². The van der Waals surface area contributed by atoms with Crippen LogP contribution in [-0.2, 0) is 25.7 Å². The zero-order valence-electron chi connectivity index (χ0n) is 30.5. The van der Waals surface area contributed by atoms with Crippen molar-refractivity contribution < 1.29 is 0 Å². The minimum atomic E-state index is 0.192. The van der Waals surface area contributed by atoms with E-state index in [1.54, 1.807) is 22.3 Å². The second-order valence-corrected chi connectivity index (χ2v) is 15.7. The van der Waals surface area contributed by atoms with Gasteiger partial charge in [-0.2, -0.15) is 0 Å². The maximum absolute atomic E-state index is 2.65. The van der Waals surface area contributed by atoms with Crippen molar-refractivity contribution in [1.82, 2.24) is 0 Å². The van der Waals surface area contributed by atoms with Crippen LogP contribution < -0.4 is 26.2 Å². The minimum Gasteiger partial charge on any atom is -0.311 e. The first-order valence-electron chi connectivity index (χ1n) is 20.5. The van der Waals surface area contributed by atoms with E-state index >= 15 is 0 Å². The van der Waals surface area contributed by atoms with E-state index in [4.69, 9.17) is 0 Å². The maximum atomic E-state index is 2.65. The van der Waals surface area contributed by atoms with Crippen molar-refractivity contribution in [1.29, 1.82) is 0 Å². The Bertz CT molecular complexity index is 2010. The molecule has 0 unspecified atom stereocenters. The predicted molar refractivity (Wildman–Crippen MR) is 220 cm³/mol. The molecule has 2 nitrogen and oxygen atoms in total. The molecule has 5 aromatic carbocycles. The molecule has 0 aromatic heterocycles. The van der Waals surface area contributed by atoms with Gasteiger partial charge >= 0.3 is 0 Å². The smallest absolute Gasteiger partial charge is 0.252 e. The van der Waals surface area contributed by atoms with E-state index < -0.39 is 0 Å². The second-order valence-electron chi connectivity index (χ2n) is 15.7. The summed E-state index contributed by atoms with van der Waals surface area (Å²) < 4.78 is 0. The molecule has 2 heterocycles. The minimum absolute atomic E-state index is 0.192. The van der Waals surface area contributed by atoms with Gasteiger partial charge in [-0.05, 0) is 132 Å². The zero-order valence-corrected chi connectivity index (χ0v) is 30.5. The van der Waals surface area contributed by atoms with Gasteiger partial charge in [0.15, 0.2) is 0 Å².